The van der Waals surface area contributed by atoms with Crippen molar-refractivity contribution in [3.63, 3.8) is 0 Å². The highest BCUT2D eigenvalue weighted by molar-refractivity contribution is 7.16. The van der Waals surface area contributed by atoms with Gasteiger partial charge in [0.2, 0.25) is 5.75 Å². The summed E-state index contributed by atoms with van der Waals surface area (Å²) in [6.45, 7) is 9.18. The average Bonchev–Trinajstić information content (AvgIpc) is 3.06. The quantitative estimate of drug-likeness (QED) is 0.626. The van der Waals surface area contributed by atoms with E-state index in [-0.39, 0.29) is 5.91 Å². The summed E-state index contributed by atoms with van der Waals surface area (Å²) in [5, 5.41) is 13.2. The lowest BCUT2D eigenvalue weighted by molar-refractivity contribution is 0.102. The number of carbonyl (C=O) groups is 1. The fraction of sp³-hybridized carbons (Fsp3) is 0.478. The zero-order valence-corrected chi connectivity index (χ0v) is 18.8. The number of nitrogens with one attached hydrogen (secondary N) is 1. The predicted octanol–water partition coefficient (Wildman–Crippen LogP) is 5.19. The number of thiophene rings is 1. The van der Waals surface area contributed by atoms with E-state index in [4.69, 9.17) is 14.2 Å². The zero-order valence-electron chi connectivity index (χ0n) is 18.0. The second-order valence-corrected chi connectivity index (χ2v) is 8.33. The molecule has 0 unspecified atom stereocenters. The van der Waals surface area contributed by atoms with Crippen molar-refractivity contribution in [3.8, 4) is 23.3 Å². The van der Waals surface area contributed by atoms with Crippen LogP contribution in [0.5, 0.6) is 17.2 Å². The standard InChI is InChI=1S/C23H28N2O4S/c1-5-27-18-11-15(12-19(28-6-2)21(18)29-7-3)22(26)25-23-17(13-24)16-9-8-14(4)10-20(16)30-23/h11-12,14H,5-10H2,1-4H3,(H,25,26)/t14-/m0/s1. The van der Waals surface area contributed by atoms with Crippen molar-refractivity contribution in [3.05, 3.63) is 33.7 Å². The van der Waals surface area contributed by atoms with Crippen LogP contribution in [0.15, 0.2) is 12.1 Å². The molecule has 3 rings (SSSR count). The molecule has 0 saturated carbocycles. The second kappa shape index (κ2) is 9.86. The van der Waals surface area contributed by atoms with E-state index in [9.17, 15) is 10.1 Å². The highest BCUT2D eigenvalue weighted by Gasteiger charge is 2.25. The summed E-state index contributed by atoms with van der Waals surface area (Å²) in [4.78, 5) is 14.3. The Bertz CT molecular complexity index is 934. The van der Waals surface area contributed by atoms with Gasteiger partial charge in [0.05, 0.1) is 25.4 Å². The van der Waals surface area contributed by atoms with Gasteiger partial charge in [-0.1, -0.05) is 6.92 Å². The fourth-order valence-electron chi connectivity index (χ4n) is 3.65. The van der Waals surface area contributed by atoms with Crippen molar-refractivity contribution in [2.45, 2.75) is 47.0 Å². The summed E-state index contributed by atoms with van der Waals surface area (Å²) in [7, 11) is 0. The number of rotatable bonds is 8. The molecule has 30 heavy (non-hydrogen) atoms. The minimum absolute atomic E-state index is 0.303. The summed E-state index contributed by atoms with van der Waals surface area (Å²) in [5.74, 6) is 1.73. The predicted molar refractivity (Wildman–Crippen MR) is 118 cm³/mol. The average molecular weight is 429 g/mol. The molecule has 0 fully saturated rings. The number of amides is 1. The van der Waals surface area contributed by atoms with Gasteiger partial charge in [0.1, 0.15) is 11.1 Å². The maximum absolute atomic E-state index is 13.1. The molecule has 0 spiro atoms. The van der Waals surface area contributed by atoms with Crippen LogP contribution in [0.25, 0.3) is 0 Å². The number of fused-ring (bicyclic) bond motifs is 1. The molecule has 0 aliphatic heterocycles. The number of anilines is 1. The molecule has 1 N–H and O–H groups in total. The van der Waals surface area contributed by atoms with Gasteiger partial charge in [-0.15, -0.1) is 11.3 Å². The zero-order chi connectivity index (χ0) is 21.7. The maximum atomic E-state index is 13.1. The van der Waals surface area contributed by atoms with Crippen LogP contribution in [0.4, 0.5) is 5.00 Å². The number of hydrogen-bond acceptors (Lipinski definition) is 6. The van der Waals surface area contributed by atoms with Crippen LogP contribution in [0.1, 0.15) is 60.5 Å². The highest BCUT2D eigenvalue weighted by atomic mass is 32.1. The van der Waals surface area contributed by atoms with Crippen molar-refractivity contribution >= 4 is 22.2 Å². The number of ether oxygens (including phenoxy) is 3. The highest BCUT2D eigenvalue weighted by Crippen LogP contribution is 2.41. The van der Waals surface area contributed by atoms with Gasteiger partial charge in [0, 0.05) is 10.4 Å². The van der Waals surface area contributed by atoms with Crippen molar-refractivity contribution < 1.29 is 19.0 Å². The van der Waals surface area contributed by atoms with Crippen molar-refractivity contribution in [2.24, 2.45) is 5.92 Å². The van der Waals surface area contributed by atoms with Crippen molar-refractivity contribution in [2.75, 3.05) is 25.1 Å². The molecular weight excluding hydrogens is 400 g/mol. The number of benzene rings is 1. The number of hydrogen-bond donors (Lipinski definition) is 1. The van der Waals surface area contributed by atoms with Gasteiger partial charge in [0.15, 0.2) is 11.5 Å². The lowest BCUT2D eigenvalue weighted by atomic mass is 9.88. The van der Waals surface area contributed by atoms with Gasteiger partial charge in [-0.2, -0.15) is 5.26 Å². The molecule has 2 aromatic rings. The van der Waals surface area contributed by atoms with Crippen LogP contribution in [0.2, 0.25) is 0 Å². The topological polar surface area (TPSA) is 80.6 Å². The van der Waals surface area contributed by atoms with Crippen molar-refractivity contribution in [1.82, 2.24) is 0 Å². The molecule has 1 heterocycles. The molecule has 1 aliphatic rings. The maximum Gasteiger partial charge on any atom is 0.256 e. The Balaban J connectivity index is 1.94. The van der Waals surface area contributed by atoms with E-state index in [0.29, 0.717) is 59.1 Å². The first-order valence-corrected chi connectivity index (χ1v) is 11.3. The molecule has 0 bridgehead atoms. The second-order valence-electron chi connectivity index (χ2n) is 7.22. The lowest BCUT2D eigenvalue weighted by Crippen LogP contribution is -2.13. The minimum Gasteiger partial charge on any atom is -0.490 e. The molecule has 0 radical (unpaired) electrons. The van der Waals surface area contributed by atoms with E-state index < -0.39 is 0 Å². The van der Waals surface area contributed by atoms with E-state index in [1.165, 1.54) is 16.2 Å². The first-order valence-electron chi connectivity index (χ1n) is 10.4. The van der Waals surface area contributed by atoms with Crippen LogP contribution in [0.3, 0.4) is 0 Å². The molecule has 1 aromatic carbocycles. The van der Waals surface area contributed by atoms with E-state index in [1.807, 2.05) is 20.8 Å². The summed E-state index contributed by atoms with van der Waals surface area (Å²) < 4.78 is 17.1. The van der Waals surface area contributed by atoms with E-state index in [0.717, 1.165) is 24.8 Å². The molecule has 1 aromatic heterocycles. The van der Waals surface area contributed by atoms with Crippen molar-refractivity contribution in [1.29, 1.82) is 5.26 Å². The van der Waals surface area contributed by atoms with Gasteiger partial charge >= 0.3 is 0 Å². The molecule has 1 atom stereocenters. The van der Waals surface area contributed by atoms with Crippen LogP contribution in [0, 0.1) is 17.2 Å². The third-order valence-corrected chi connectivity index (χ3v) is 6.19. The summed E-state index contributed by atoms with van der Waals surface area (Å²) in [5.41, 5.74) is 2.08. The smallest absolute Gasteiger partial charge is 0.256 e. The van der Waals surface area contributed by atoms with Crippen LogP contribution in [-0.4, -0.2) is 25.7 Å². The van der Waals surface area contributed by atoms with Gasteiger partial charge < -0.3 is 19.5 Å². The Kier molecular flexibility index (Phi) is 7.22. The van der Waals surface area contributed by atoms with Gasteiger partial charge in [-0.05, 0) is 63.6 Å². The third kappa shape index (κ3) is 4.54. The molecule has 1 amide bonds. The van der Waals surface area contributed by atoms with E-state index in [2.05, 4.69) is 18.3 Å². The largest absolute Gasteiger partial charge is 0.490 e. The van der Waals surface area contributed by atoms with Gasteiger partial charge in [-0.25, -0.2) is 0 Å². The van der Waals surface area contributed by atoms with E-state index >= 15 is 0 Å². The van der Waals surface area contributed by atoms with Crippen LogP contribution < -0.4 is 19.5 Å². The molecule has 7 heteroatoms. The van der Waals surface area contributed by atoms with E-state index in [1.54, 1.807) is 12.1 Å². The summed E-state index contributed by atoms with van der Waals surface area (Å²) >= 11 is 1.51. The number of carbonyl (C=O) groups excluding carboxylic acids is 1. The number of nitriles is 1. The summed E-state index contributed by atoms with van der Waals surface area (Å²) in [6, 6.07) is 5.61. The third-order valence-electron chi connectivity index (χ3n) is 5.02. The molecule has 1 aliphatic carbocycles. The molecule has 0 saturated heterocycles. The summed E-state index contributed by atoms with van der Waals surface area (Å²) in [6.07, 6.45) is 2.91. The first kappa shape index (κ1) is 22.0. The Hall–Kier alpha value is -2.72. The Morgan fingerprint density at radius 2 is 1.80 bits per heavy atom. The van der Waals surface area contributed by atoms with Gasteiger partial charge in [0.25, 0.3) is 5.91 Å². The monoisotopic (exact) mass is 428 g/mol. The molecule has 6 nitrogen and oxygen atoms in total. The Morgan fingerprint density at radius 3 is 2.37 bits per heavy atom. The minimum atomic E-state index is -0.303. The normalized spacial score (nSPS) is 15.1. The Labute approximate surface area is 181 Å². The first-order chi connectivity index (χ1) is 14.5. The fourth-order valence-corrected chi connectivity index (χ4v) is 5.01. The molecule has 160 valence electrons. The van der Waals surface area contributed by atoms with Crippen LogP contribution >= 0.6 is 11.3 Å². The van der Waals surface area contributed by atoms with Gasteiger partial charge in [-0.3, -0.25) is 4.79 Å². The molecular formula is C23H28N2O4S. The Morgan fingerprint density at radius 1 is 1.17 bits per heavy atom. The van der Waals surface area contributed by atoms with Crippen LogP contribution in [-0.2, 0) is 12.8 Å². The number of nitrogens with zero attached hydrogens (tertiary/aromatic N) is 1. The SMILES string of the molecule is CCOc1cc(C(=O)Nc2sc3c(c2C#N)CC[C@H](C)C3)cc(OCC)c1OCC. The lowest BCUT2D eigenvalue weighted by Gasteiger charge is -2.17.